The molecule has 2 aromatic heterocycles. The highest BCUT2D eigenvalue weighted by atomic mass is 32.2. The second-order valence-corrected chi connectivity index (χ2v) is 9.98. The lowest BCUT2D eigenvalue weighted by Gasteiger charge is -2.28. The summed E-state index contributed by atoms with van der Waals surface area (Å²) in [5, 5.41) is 18.4. The number of nitrogens with zero attached hydrogens (tertiary/aromatic N) is 4. The molecule has 0 spiro atoms. The summed E-state index contributed by atoms with van der Waals surface area (Å²) < 4.78 is 32.2. The first kappa shape index (κ1) is 24.9. The summed E-state index contributed by atoms with van der Waals surface area (Å²) in [6.07, 6.45) is 6.10. The molecule has 1 aliphatic rings. The molecule has 3 aromatic rings. The third-order valence-corrected chi connectivity index (χ3v) is 7.77. The number of sulfonamides is 1. The number of nitrogens with one attached hydrogen (secondary N) is 1. The van der Waals surface area contributed by atoms with Crippen molar-refractivity contribution in [3.8, 4) is 5.75 Å². The molecular formula is C24H29N5O5S. The van der Waals surface area contributed by atoms with Gasteiger partial charge in [0.2, 0.25) is 10.0 Å². The van der Waals surface area contributed by atoms with E-state index in [1.54, 1.807) is 43.9 Å². The number of hydrogen-bond acceptors (Lipinski definition) is 8. The molecule has 0 saturated carbocycles. The molecule has 0 fully saturated rings. The lowest BCUT2D eigenvalue weighted by molar-refractivity contribution is 0.217. The molecule has 3 N–H and O–H groups in total. The minimum Gasteiger partial charge on any atom is -0.497 e. The zero-order valence-electron chi connectivity index (χ0n) is 19.5. The quantitative estimate of drug-likeness (QED) is 0.361. The topological polar surface area (TPSA) is 132 Å². The van der Waals surface area contributed by atoms with Crippen molar-refractivity contribution in [1.29, 1.82) is 0 Å². The largest absolute Gasteiger partial charge is 0.497 e. The van der Waals surface area contributed by atoms with Crippen molar-refractivity contribution >= 4 is 27.5 Å². The summed E-state index contributed by atoms with van der Waals surface area (Å²) in [7, 11) is -2.19. The van der Waals surface area contributed by atoms with Crippen molar-refractivity contribution in [1.82, 2.24) is 19.3 Å². The highest BCUT2D eigenvalue weighted by Gasteiger charge is 2.25. The van der Waals surface area contributed by atoms with Crippen molar-refractivity contribution in [2.75, 3.05) is 51.4 Å². The lowest BCUT2D eigenvalue weighted by Crippen LogP contribution is -2.35. The van der Waals surface area contributed by atoms with Crippen LogP contribution in [0.4, 0.5) is 5.82 Å². The average Bonchev–Trinajstić information content (AvgIpc) is 3.36. The molecule has 1 aliphatic heterocycles. The first-order chi connectivity index (χ1) is 17.0. The summed E-state index contributed by atoms with van der Waals surface area (Å²) in [5.41, 5.74) is 3.64. The number of aliphatic hydroxyl groups is 2. The minimum absolute atomic E-state index is 0.0746. The molecule has 11 heteroatoms. The van der Waals surface area contributed by atoms with Crippen LogP contribution in [0.1, 0.15) is 17.0 Å². The van der Waals surface area contributed by atoms with Crippen LogP contribution in [0.5, 0.6) is 5.75 Å². The van der Waals surface area contributed by atoms with E-state index in [0.717, 1.165) is 38.4 Å². The van der Waals surface area contributed by atoms with E-state index in [4.69, 9.17) is 4.74 Å². The highest BCUT2D eigenvalue weighted by Crippen LogP contribution is 2.31. The van der Waals surface area contributed by atoms with Crippen LogP contribution in [-0.4, -0.2) is 84.4 Å². The number of aromatic amines is 1. The van der Waals surface area contributed by atoms with Crippen molar-refractivity contribution in [2.45, 2.75) is 11.3 Å². The fourth-order valence-electron chi connectivity index (χ4n) is 4.05. The van der Waals surface area contributed by atoms with E-state index in [9.17, 15) is 18.6 Å². The van der Waals surface area contributed by atoms with Gasteiger partial charge in [-0.1, -0.05) is 12.1 Å². The molecule has 4 rings (SSSR count). The predicted molar refractivity (Wildman–Crippen MR) is 133 cm³/mol. The van der Waals surface area contributed by atoms with Gasteiger partial charge in [-0.25, -0.2) is 13.4 Å². The smallest absolute Gasteiger partial charge is 0.243 e. The number of methoxy groups -OCH3 is 1. The molecule has 0 aliphatic carbocycles. The van der Waals surface area contributed by atoms with Gasteiger partial charge in [-0.05, 0) is 35.4 Å². The maximum absolute atomic E-state index is 12.9. The molecule has 0 unspecified atom stereocenters. The van der Waals surface area contributed by atoms with Crippen LogP contribution in [0, 0.1) is 0 Å². The molecule has 10 nitrogen and oxygen atoms in total. The van der Waals surface area contributed by atoms with E-state index in [0.29, 0.717) is 19.5 Å². The molecule has 0 amide bonds. The zero-order chi connectivity index (χ0) is 24.8. The van der Waals surface area contributed by atoms with Gasteiger partial charge in [-0.2, -0.15) is 4.31 Å². The number of aromatic nitrogens is 3. The van der Waals surface area contributed by atoms with Gasteiger partial charge in [-0.15, -0.1) is 0 Å². The molecule has 0 atom stereocenters. The summed E-state index contributed by atoms with van der Waals surface area (Å²) in [4.78, 5) is 14.4. The molecule has 0 bridgehead atoms. The van der Waals surface area contributed by atoms with Gasteiger partial charge in [0.1, 0.15) is 17.3 Å². The van der Waals surface area contributed by atoms with Crippen molar-refractivity contribution in [3.63, 3.8) is 0 Å². The Bertz CT molecular complexity index is 1270. The first-order valence-electron chi connectivity index (χ1n) is 11.3. The number of hydrogen-bond donors (Lipinski definition) is 3. The summed E-state index contributed by atoms with van der Waals surface area (Å²) in [6, 6.07) is 10.4. The fraction of sp³-hybridized carbons (Fsp3) is 0.333. The maximum Gasteiger partial charge on any atom is 0.243 e. The molecule has 3 heterocycles. The van der Waals surface area contributed by atoms with Crippen molar-refractivity contribution < 1.29 is 23.4 Å². The number of rotatable bonds is 11. The van der Waals surface area contributed by atoms with Crippen LogP contribution in [0.15, 0.2) is 53.8 Å². The molecule has 0 saturated heterocycles. The monoisotopic (exact) mass is 499 g/mol. The molecule has 186 valence electrons. The number of anilines is 1. The molecule has 1 aromatic carbocycles. The van der Waals surface area contributed by atoms with Gasteiger partial charge in [0.15, 0.2) is 0 Å². The third kappa shape index (κ3) is 5.54. The van der Waals surface area contributed by atoms with Gasteiger partial charge in [0.05, 0.1) is 31.5 Å². The SMILES string of the molecule is COc1ccnc(CCN2CC(c3ccc(S(=O)(=O)N(CCO)CCO)cc3)=Cc3nc[nH]c32)c1. The second-order valence-electron chi connectivity index (χ2n) is 8.04. The van der Waals surface area contributed by atoms with E-state index < -0.39 is 10.0 Å². The number of pyridine rings is 1. The lowest BCUT2D eigenvalue weighted by atomic mass is 10.0. The van der Waals surface area contributed by atoms with Gasteiger partial charge in [-0.3, -0.25) is 4.98 Å². The van der Waals surface area contributed by atoms with E-state index >= 15 is 0 Å². The van der Waals surface area contributed by atoms with Crippen LogP contribution in [0.3, 0.4) is 0 Å². The Hall–Kier alpha value is -3.25. The standard InChI is InChI=1S/C24H29N5O5S/c1-34-21-6-8-25-20(15-21)7-9-28-16-19(14-23-24(28)27-17-26-23)18-2-4-22(5-3-18)35(32,33)29(10-12-30)11-13-31/h2-6,8,14-15,17,30-31H,7,9-13,16H2,1H3,(H,26,27). The number of ether oxygens (including phenoxy) is 1. The Labute approximate surface area is 204 Å². The van der Waals surface area contributed by atoms with Crippen molar-refractivity contribution in [2.24, 2.45) is 0 Å². The van der Waals surface area contributed by atoms with E-state index in [1.807, 2.05) is 18.2 Å². The number of aliphatic hydroxyl groups excluding tert-OH is 2. The van der Waals surface area contributed by atoms with Gasteiger partial charge in [0, 0.05) is 50.6 Å². The average molecular weight is 500 g/mol. The molecular weight excluding hydrogens is 470 g/mol. The van der Waals surface area contributed by atoms with Crippen LogP contribution in [0.25, 0.3) is 11.6 Å². The first-order valence-corrected chi connectivity index (χ1v) is 12.7. The predicted octanol–water partition coefficient (Wildman–Crippen LogP) is 1.39. The normalized spacial score (nSPS) is 13.6. The second kappa shape index (κ2) is 11.0. The van der Waals surface area contributed by atoms with Gasteiger partial charge >= 0.3 is 0 Å². The summed E-state index contributed by atoms with van der Waals surface area (Å²) in [5.74, 6) is 1.70. The van der Waals surface area contributed by atoms with Gasteiger partial charge in [0.25, 0.3) is 0 Å². The van der Waals surface area contributed by atoms with Crippen LogP contribution in [0.2, 0.25) is 0 Å². The minimum atomic E-state index is -3.82. The molecule has 0 radical (unpaired) electrons. The fourth-order valence-corrected chi connectivity index (χ4v) is 5.47. The Morgan fingerprint density at radius 3 is 2.54 bits per heavy atom. The third-order valence-electron chi connectivity index (χ3n) is 5.86. The Morgan fingerprint density at radius 2 is 1.86 bits per heavy atom. The number of H-pyrrole nitrogens is 1. The Kier molecular flexibility index (Phi) is 7.81. The van der Waals surface area contributed by atoms with E-state index in [2.05, 4.69) is 19.9 Å². The van der Waals surface area contributed by atoms with Gasteiger partial charge < -0.3 is 24.8 Å². The van der Waals surface area contributed by atoms with Crippen LogP contribution >= 0.6 is 0 Å². The number of benzene rings is 1. The summed E-state index contributed by atoms with van der Waals surface area (Å²) in [6.45, 7) is 0.529. The van der Waals surface area contributed by atoms with E-state index in [1.165, 1.54) is 0 Å². The maximum atomic E-state index is 12.9. The summed E-state index contributed by atoms with van der Waals surface area (Å²) >= 11 is 0. The van der Waals surface area contributed by atoms with Crippen LogP contribution < -0.4 is 9.64 Å². The number of fused-ring (bicyclic) bond motifs is 1. The number of imidazole rings is 1. The Balaban J connectivity index is 1.53. The van der Waals surface area contributed by atoms with E-state index in [-0.39, 0.29) is 31.2 Å². The van der Waals surface area contributed by atoms with Crippen molar-refractivity contribution in [3.05, 3.63) is 65.9 Å². The van der Waals surface area contributed by atoms with Crippen LogP contribution in [-0.2, 0) is 16.4 Å². The Morgan fingerprint density at radius 1 is 1.11 bits per heavy atom. The highest BCUT2D eigenvalue weighted by molar-refractivity contribution is 7.89. The zero-order valence-corrected chi connectivity index (χ0v) is 20.3. The molecule has 35 heavy (non-hydrogen) atoms.